The number of carbonyl (C=O) groups is 1. The number of aliphatic hydroxyl groups excluding tert-OH is 1. The van der Waals surface area contributed by atoms with Crippen molar-refractivity contribution in [2.24, 2.45) is 0 Å². The standard InChI is InChI=1S/C17H19NO2/c1-2-13-8-10-14(11-9-13)16(12-19)18-17(20)15-6-4-3-5-7-15/h3-11,16,19H,2,12H2,1H3,(H,18,20). The van der Waals surface area contributed by atoms with Crippen LogP contribution in [0.1, 0.15) is 34.5 Å². The van der Waals surface area contributed by atoms with Crippen molar-refractivity contribution in [1.29, 1.82) is 0 Å². The summed E-state index contributed by atoms with van der Waals surface area (Å²) in [5, 5.41) is 12.3. The maximum atomic E-state index is 12.1. The zero-order valence-electron chi connectivity index (χ0n) is 11.5. The third kappa shape index (κ3) is 3.45. The lowest BCUT2D eigenvalue weighted by molar-refractivity contribution is 0.0916. The fourth-order valence-corrected chi connectivity index (χ4v) is 2.05. The van der Waals surface area contributed by atoms with E-state index in [-0.39, 0.29) is 18.6 Å². The van der Waals surface area contributed by atoms with Gasteiger partial charge in [0.25, 0.3) is 5.91 Å². The van der Waals surface area contributed by atoms with Crippen molar-refractivity contribution in [2.75, 3.05) is 6.61 Å². The maximum absolute atomic E-state index is 12.1. The first kappa shape index (κ1) is 14.3. The van der Waals surface area contributed by atoms with E-state index in [0.29, 0.717) is 5.56 Å². The minimum atomic E-state index is -0.381. The molecule has 0 bridgehead atoms. The summed E-state index contributed by atoms with van der Waals surface area (Å²) >= 11 is 0. The third-order valence-corrected chi connectivity index (χ3v) is 3.31. The fourth-order valence-electron chi connectivity index (χ4n) is 2.05. The van der Waals surface area contributed by atoms with Crippen molar-refractivity contribution in [3.05, 3.63) is 71.3 Å². The molecule has 20 heavy (non-hydrogen) atoms. The third-order valence-electron chi connectivity index (χ3n) is 3.31. The molecule has 3 nitrogen and oxygen atoms in total. The van der Waals surface area contributed by atoms with Crippen molar-refractivity contribution in [1.82, 2.24) is 5.32 Å². The smallest absolute Gasteiger partial charge is 0.251 e. The van der Waals surface area contributed by atoms with Crippen LogP contribution in [0.25, 0.3) is 0 Å². The van der Waals surface area contributed by atoms with E-state index in [1.165, 1.54) is 5.56 Å². The second-order valence-electron chi connectivity index (χ2n) is 4.67. The zero-order chi connectivity index (χ0) is 14.4. The van der Waals surface area contributed by atoms with Gasteiger partial charge in [-0.2, -0.15) is 0 Å². The van der Waals surface area contributed by atoms with E-state index >= 15 is 0 Å². The summed E-state index contributed by atoms with van der Waals surface area (Å²) in [6.07, 6.45) is 0.973. The molecule has 104 valence electrons. The molecule has 0 aliphatic rings. The van der Waals surface area contributed by atoms with E-state index in [4.69, 9.17) is 0 Å². The van der Waals surface area contributed by atoms with Gasteiger partial charge in [0.05, 0.1) is 12.6 Å². The van der Waals surface area contributed by atoms with Gasteiger partial charge in [-0.05, 0) is 29.7 Å². The Kier molecular flexibility index (Phi) is 4.91. The number of aliphatic hydroxyl groups is 1. The number of hydrogen-bond donors (Lipinski definition) is 2. The van der Waals surface area contributed by atoms with Crippen LogP contribution < -0.4 is 5.32 Å². The molecule has 0 aliphatic heterocycles. The number of carbonyl (C=O) groups excluding carboxylic acids is 1. The molecule has 2 rings (SSSR count). The Morgan fingerprint density at radius 1 is 1.10 bits per heavy atom. The molecule has 0 spiro atoms. The Bertz CT molecular complexity index is 549. The number of aryl methyl sites for hydroxylation is 1. The SMILES string of the molecule is CCc1ccc(C(CO)NC(=O)c2ccccc2)cc1. The molecule has 1 amide bonds. The van der Waals surface area contributed by atoms with E-state index in [9.17, 15) is 9.90 Å². The predicted molar refractivity (Wildman–Crippen MR) is 79.6 cm³/mol. The summed E-state index contributed by atoms with van der Waals surface area (Å²) in [5.41, 5.74) is 2.74. The average Bonchev–Trinajstić information content (AvgIpc) is 2.53. The van der Waals surface area contributed by atoms with Crippen LogP contribution in [0.3, 0.4) is 0 Å². The van der Waals surface area contributed by atoms with Gasteiger partial charge in [0.2, 0.25) is 0 Å². The molecule has 0 fully saturated rings. The van der Waals surface area contributed by atoms with Gasteiger partial charge >= 0.3 is 0 Å². The normalized spacial score (nSPS) is 11.9. The van der Waals surface area contributed by atoms with Gasteiger partial charge < -0.3 is 10.4 Å². The fraction of sp³-hybridized carbons (Fsp3) is 0.235. The minimum Gasteiger partial charge on any atom is -0.394 e. The monoisotopic (exact) mass is 269 g/mol. The molecule has 0 saturated carbocycles. The van der Waals surface area contributed by atoms with Crippen LogP contribution >= 0.6 is 0 Å². The lowest BCUT2D eigenvalue weighted by Gasteiger charge is -2.17. The summed E-state index contributed by atoms with van der Waals surface area (Å²) in [6, 6.07) is 16.6. The molecule has 0 heterocycles. The topological polar surface area (TPSA) is 49.3 Å². The van der Waals surface area contributed by atoms with Crippen LogP contribution in [-0.2, 0) is 6.42 Å². The second kappa shape index (κ2) is 6.87. The molecule has 2 aromatic rings. The van der Waals surface area contributed by atoms with Gasteiger partial charge in [-0.25, -0.2) is 0 Å². The van der Waals surface area contributed by atoms with E-state index < -0.39 is 0 Å². The van der Waals surface area contributed by atoms with E-state index in [0.717, 1.165) is 12.0 Å². The van der Waals surface area contributed by atoms with Gasteiger partial charge in [0.15, 0.2) is 0 Å². The lowest BCUT2D eigenvalue weighted by Crippen LogP contribution is -2.30. The van der Waals surface area contributed by atoms with Gasteiger partial charge in [0.1, 0.15) is 0 Å². The number of benzene rings is 2. The Morgan fingerprint density at radius 2 is 1.75 bits per heavy atom. The maximum Gasteiger partial charge on any atom is 0.251 e. The van der Waals surface area contributed by atoms with Crippen LogP contribution in [-0.4, -0.2) is 17.6 Å². The summed E-state index contributed by atoms with van der Waals surface area (Å²) in [6.45, 7) is 1.97. The van der Waals surface area contributed by atoms with Crippen molar-refractivity contribution < 1.29 is 9.90 Å². The van der Waals surface area contributed by atoms with Crippen LogP contribution in [0, 0.1) is 0 Å². The van der Waals surface area contributed by atoms with E-state index in [2.05, 4.69) is 12.2 Å². The molecule has 1 unspecified atom stereocenters. The molecule has 2 N–H and O–H groups in total. The van der Waals surface area contributed by atoms with Crippen molar-refractivity contribution in [3.63, 3.8) is 0 Å². The first-order valence-electron chi connectivity index (χ1n) is 6.80. The quantitative estimate of drug-likeness (QED) is 0.876. The molecule has 1 atom stereocenters. The number of rotatable bonds is 5. The highest BCUT2D eigenvalue weighted by molar-refractivity contribution is 5.94. The van der Waals surface area contributed by atoms with Gasteiger partial charge in [-0.1, -0.05) is 49.4 Å². The van der Waals surface area contributed by atoms with E-state index in [1.54, 1.807) is 12.1 Å². The predicted octanol–water partition coefficient (Wildman–Crippen LogP) is 2.71. The van der Waals surface area contributed by atoms with E-state index in [1.807, 2.05) is 42.5 Å². The highest BCUT2D eigenvalue weighted by atomic mass is 16.3. The van der Waals surface area contributed by atoms with Gasteiger partial charge in [0, 0.05) is 5.56 Å². The molecular weight excluding hydrogens is 250 g/mol. The Morgan fingerprint density at radius 3 is 2.30 bits per heavy atom. The Balaban J connectivity index is 2.10. The molecular formula is C17H19NO2. The molecule has 0 saturated heterocycles. The minimum absolute atomic E-state index is 0.121. The van der Waals surface area contributed by atoms with Crippen molar-refractivity contribution in [3.8, 4) is 0 Å². The highest BCUT2D eigenvalue weighted by Gasteiger charge is 2.14. The molecule has 0 aromatic heterocycles. The van der Waals surface area contributed by atoms with Gasteiger partial charge in [-0.3, -0.25) is 4.79 Å². The largest absolute Gasteiger partial charge is 0.394 e. The number of amides is 1. The van der Waals surface area contributed by atoms with Crippen molar-refractivity contribution >= 4 is 5.91 Å². The van der Waals surface area contributed by atoms with Crippen LogP contribution in [0.5, 0.6) is 0 Å². The number of hydrogen-bond acceptors (Lipinski definition) is 2. The molecule has 3 heteroatoms. The highest BCUT2D eigenvalue weighted by Crippen LogP contribution is 2.15. The molecule has 2 aromatic carbocycles. The summed E-state index contributed by atoms with van der Waals surface area (Å²) in [7, 11) is 0. The first-order valence-corrected chi connectivity index (χ1v) is 6.80. The van der Waals surface area contributed by atoms with Crippen LogP contribution in [0.4, 0.5) is 0 Å². The second-order valence-corrected chi connectivity index (χ2v) is 4.67. The summed E-state index contributed by atoms with van der Waals surface area (Å²) < 4.78 is 0. The number of nitrogens with one attached hydrogen (secondary N) is 1. The zero-order valence-corrected chi connectivity index (χ0v) is 11.5. The van der Waals surface area contributed by atoms with Gasteiger partial charge in [-0.15, -0.1) is 0 Å². The molecule has 0 aliphatic carbocycles. The molecule has 0 radical (unpaired) electrons. The Labute approximate surface area is 119 Å². The summed E-state index contributed by atoms with van der Waals surface area (Å²) in [4.78, 5) is 12.1. The van der Waals surface area contributed by atoms with Crippen LogP contribution in [0.2, 0.25) is 0 Å². The Hall–Kier alpha value is -2.13. The lowest BCUT2D eigenvalue weighted by atomic mass is 10.0. The average molecular weight is 269 g/mol. The van der Waals surface area contributed by atoms with Crippen LogP contribution in [0.15, 0.2) is 54.6 Å². The van der Waals surface area contributed by atoms with Crippen molar-refractivity contribution in [2.45, 2.75) is 19.4 Å². The first-order chi connectivity index (χ1) is 9.74. The summed E-state index contributed by atoms with van der Waals surface area (Å²) in [5.74, 6) is -0.177.